The topological polar surface area (TPSA) is 61.9 Å². The Kier molecular flexibility index (Phi) is 4.52. The van der Waals surface area contributed by atoms with E-state index in [0.717, 1.165) is 28.4 Å². The predicted molar refractivity (Wildman–Crippen MR) is 98.6 cm³/mol. The average Bonchev–Trinajstić information content (AvgIpc) is 3.15. The molecule has 1 aliphatic heterocycles. The van der Waals surface area contributed by atoms with Crippen LogP contribution in [0.4, 0.5) is 0 Å². The number of benzene rings is 1. The quantitative estimate of drug-likeness (QED) is 0.780. The molecule has 3 heterocycles. The number of pyridine rings is 1. The highest BCUT2D eigenvalue weighted by molar-refractivity contribution is 7.99. The number of hydrogen-bond donors (Lipinski definition) is 1. The van der Waals surface area contributed by atoms with Gasteiger partial charge in [0.25, 0.3) is 0 Å². The fraction of sp³-hybridized carbons (Fsp3) is 0.211. The highest BCUT2D eigenvalue weighted by Crippen LogP contribution is 2.38. The second-order valence-electron chi connectivity index (χ2n) is 5.91. The Bertz CT molecular complexity index is 850. The minimum Gasteiger partial charge on any atom is -0.339 e. The first kappa shape index (κ1) is 15.9. The van der Waals surface area contributed by atoms with Gasteiger partial charge in [-0.3, -0.25) is 9.78 Å². The van der Waals surface area contributed by atoms with Crippen LogP contribution < -0.4 is 0 Å². The predicted octanol–water partition coefficient (Wildman–Crippen LogP) is 3.64. The zero-order chi connectivity index (χ0) is 17.1. The smallest absolute Gasteiger partial charge is 0.224 e. The highest BCUT2D eigenvalue weighted by atomic mass is 32.2. The zero-order valence-corrected chi connectivity index (χ0v) is 14.4. The standard InChI is InChI=1S/C19H18N4OS/c24-17-8-10-25-19(23(17)13-14-5-4-9-20-11-14)16-12-21-18(22-16)15-6-2-1-3-7-15/h1-7,9,11-12,19H,8,10,13H2,(H,21,22). The molecule has 1 unspecified atom stereocenters. The Labute approximate surface area is 150 Å². The maximum atomic E-state index is 12.5. The van der Waals surface area contributed by atoms with Crippen LogP contribution in [-0.2, 0) is 11.3 Å². The number of nitrogens with zero attached hydrogens (tertiary/aromatic N) is 3. The van der Waals surface area contributed by atoms with Crippen LogP contribution in [0.5, 0.6) is 0 Å². The number of carbonyl (C=O) groups excluding carboxylic acids is 1. The van der Waals surface area contributed by atoms with Crippen molar-refractivity contribution in [2.75, 3.05) is 5.75 Å². The van der Waals surface area contributed by atoms with Crippen molar-refractivity contribution in [3.63, 3.8) is 0 Å². The molecule has 6 heteroatoms. The first-order chi connectivity index (χ1) is 12.3. The molecular formula is C19H18N4OS. The van der Waals surface area contributed by atoms with Crippen LogP contribution in [0.2, 0.25) is 0 Å². The first-order valence-electron chi connectivity index (χ1n) is 8.21. The lowest BCUT2D eigenvalue weighted by Gasteiger charge is -2.34. The summed E-state index contributed by atoms with van der Waals surface area (Å²) in [6.07, 6.45) is 5.97. The lowest BCUT2D eigenvalue weighted by molar-refractivity contribution is -0.132. The van der Waals surface area contributed by atoms with Crippen molar-refractivity contribution in [3.05, 3.63) is 72.3 Å². The molecule has 1 aromatic carbocycles. The number of amides is 1. The summed E-state index contributed by atoms with van der Waals surface area (Å²) in [6, 6.07) is 13.9. The van der Waals surface area contributed by atoms with E-state index < -0.39 is 0 Å². The Hall–Kier alpha value is -2.60. The second kappa shape index (κ2) is 7.11. The summed E-state index contributed by atoms with van der Waals surface area (Å²) in [5.74, 6) is 1.83. The molecule has 0 spiro atoms. The molecule has 126 valence electrons. The number of rotatable bonds is 4. The number of carbonyl (C=O) groups is 1. The zero-order valence-electron chi connectivity index (χ0n) is 13.6. The third-order valence-corrected chi connectivity index (χ3v) is 5.44. The van der Waals surface area contributed by atoms with E-state index in [4.69, 9.17) is 0 Å². The first-order valence-corrected chi connectivity index (χ1v) is 9.26. The Morgan fingerprint density at radius 1 is 1.16 bits per heavy atom. The van der Waals surface area contributed by atoms with E-state index in [1.165, 1.54) is 0 Å². The van der Waals surface area contributed by atoms with Crippen LogP contribution in [-0.4, -0.2) is 31.5 Å². The van der Waals surface area contributed by atoms with E-state index >= 15 is 0 Å². The lowest BCUT2D eigenvalue weighted by atomic mass is 10.2. The van der Waals surface area contributed by atoms with Crippen LogP contribution >= 0.6 is 11.8 Å². The Balaban J connectivity index is 1.61. The summed E-state index contributed by atoms with van der Waals surface area (Å²) >= 11 is 1.77. The molecule has 0 aliphatic carbocycles. The normalized spacial score (nSPS) is 17.7. The summed E-state index contributed by atoms with van der Waals surface area (Å²) < 4.78 is 0. The summed E-state index contributed by atoms with van der Waals surface area (Å²) in [5, 5.41) is -0.0496. The van der Waals surface area contributed by atoms with E-state index in [2.05, 4.69) is 15.0 Å². The third-order valence-electron chi connectivity index (χ3n) is 4.18. The van der Waals surface area contributed by atoms with E-state index in [-0.39, 0.29) is 11.3 Å². The monoisotopic (exact) mass is 350 g/mol. The van der Waals surface area contributed by atoms with Crippen LogP contribution in [0.1, 0.15) is 23.1 Å². The van der Waals surface area contributed by atoms with Crippen molar-refractivity contribution in [2.24, 2.45) is 0 Å². The van der Waals surface area contributed by atoms with E-state index in [1.54, 1.807) is 18.0 Å². The van der Waals surface area contributed by atoms with Crippen molar-refractivity contribution in [1.29, 1.82) is 0 Å². The number of thioether (sulfide) groups is 1. The minimum atomic E-state index is -0.0496. The minimum absolute atomic E-state index is 0.0496. The molecule has 0 saturated carbocycles. The SMILES string of the molecule is O=C1CCSC(c2cnc(-c3ccccc3)[nH]2)N1Cc1cccnc1. The van der Waals surface area contributed by atoms with Crippen molar-refractivity contribution < 1.29 is 4.79 Å². The summed E-state index contributed by atoms with van der Waals surface area (Å²) in [5.41, 5.74) is 3.03. The van der Waals surface area contributed by atoms with Crippen molar-refractivity contribution in [3.8, 4) is 11.4 Å². The fourth-order valence-corrected chi connectivity index (χ4v) is 4.13. The van der Waals surface area contributed by atoms with Gasteiger partial charge in [0.1, 0.15) is 11.2 Å². The Morgan fingerprint density at radius 2 is 2.04 bits per heavy atom. The highest BCUT2D eigenvalue weighted by Gasteiger charge is 2.31. The molecule has 1 saturated heterocycles. The molecule has 0 radical (unpaired) electrons. The molecule has 4 rings (SSSR count). The van der Waals surface area contributed by atoms with E-state index in [1.807, 2.05) is 59.8 Å². The molecule has 2 aromatic heterocycles. The van der Waals surface area contributed by atoms with E-state index in [0.29, 0.717) is 13.0 Å². The van der Waals surface area contributed by atoms with Gasteiger partial charge in [0, 0.05) is 36.7 Å². The average molecular weight is 350 g/mol. The van der Waals surface area contributed by atoms with E-state index in [9.17, 15) is 4.79 Å². The molecule has 1 atom stereocenters. The van der Waals surface area contributed by atoms with Gasteiger partial charge >= 0.3 is 0 Å². The van der Waals surface area contributed by atoms with Crippen LogP contribution in [0.3, 0.4) is 0 Å². The fourth-order valence-electron chi connectivity index (χ4n) is 2.94. The molecular weight excluding hydrogens is 332 g/mol. The van der Waals surface area contributed by atoms with Gasteiger partial charge < -0.3 is 9.88 Å². The number of H-pyrrole nitrogens is 1. The van der Waals surface area contributed by atoms with Gasteiger partial charge in [-0.05, 0) is 11.6 Å². The molecule has 25 heavy (non-hydrogen) atoms. The van der Waals surface area contributed by atoms with Gasteiger partial charge in [0.15, 0.2) is 0 Å². The largest absolute Gasteiger partial charge is 0.339 e. The second-order valence-corrected chi connectivity index (χ2v) is 7.10. The maximum Gasteiger partial charge on any atom is 0.224 e. The number of aromatic amines is 1. The van der Waals surface area contributed by atoms with Crippen molar-refractivity contribution in [1.82, 2.24) is 19.9 Å². The number of aromatic nitrogens is 3. The summed E-state index contributed by atoms with van der Waals surface area (Å²) in [4.78, 5) is 26.5. The molecule has 1 amide bonds. The van der Waals surface area contributed by atoms with Gasteiger partial charge in [-0.1, -0.05) is 36.4 Å². The van der Waals surface area contributed by atoms with Crippen LogP contribution in [0, 0.1) is 0 Å². The van der Waals surface area contributed by atoms with Gasteiger partial charge in [-0.15, -0.1) is 11.8 Å². The van der Waals surface area contributed by atoms with Crippen LogP contribution in [0.15, 0.2) is 61.1 Å². The molecule has 5 nitrogen and oxygen atoms in total. The van der Waals surface area contributed by atoms with Crippen molar-refractivity contribution >= 4 is 17.7 Å². The van der Waals surface area contributed by atoms with Crippen molar-refractivity contribution in [2.45, 2.75) is 18.3 Å². The van der Waals surface area contributed by atoms with Gasteiger partial charge in [0.05, 0.1) is 11.9 Å². The number of hydrogen-bond acceptors (Lipinski definition) is 4. The summed E-state index contributed by atoms with van der Waals surface area (Å²) in [6.45, 7) is 0.560. The lowest BCUT2D eigenvalue weighted by Crippen LogP contribution is -2.36. The van der Waals surface area contributed by atoms with Gasteiger partial charge in [-0.2, -0.15) is 0 Å². The maximum absolute atomic E-state index is 12.5. The van der Waals surface area contributed by atoms with Crippen LogP contribution in [0.25, 0.3) is 11.4 Å². The molecule has 1 N–H and O–H groups in total. The Morgan fingerprint density at radius 3 is 2.84 bits per heavy atom. The molecule has 1 fully saturated rings. The number of imidazole rings is 1. The number of nitrogens with one attached hydrogen (secondary N) is 1. The molecule has 0 bridgehead atoms. The van der Waals surface area contributed by atoms with Gasteiger partial charge in [0.2, 0.25) is 5.91 Å². The van der Waals surface area contributed by atoms with Gasteiger partial charge in [-0.25, -0.2) is 4.98 Å². The summed E-state index contributed by atoms with van der Waals surface area (Å²) in [7, 11) is 0. The molecule has 1 aliphatic rings. The molecule has 3 aromatic rings. The third kappa shape index (κ3) is 3.44.